The quantitative estimate of drug-likeness (QED) is 0.917. The molecule has 1 heterocycles. The number of nitrogens with one attached hydrogen (secondary N) is 1. The number of benzene rings is 1. The van der Waals surface area contributed by atoms with Gasteiger partial charge in [0.15, 0.2) is 0 Å². The van der Waals surface area contributed by atoms with Crippen LogP contribution in [0.4, 0.5) is 0 Å². The van der Waals surface area contributed by atoms with Crippen LogP contribution in [-0.2, 0) is 13.6 Å². The standard InChI is InChI=1S/C15H21N3O/c1-10-6-7-13(8-11(10)2)19-15-14(9-16-4)12(3)17-18(15)5/h6-8,16H,9H2,1-5H3. The number of ether oxygens (including phenoxy) is 1. The van der Waals surface area contributed by atoms with Crippen LogP contribution in [0.3, 0.4) is 0 Å². The van der Waals surface area contributed by atoms with Gasteiger partial charge in [0.25, 0.3) is 0 Å². The summed E-state index contributed by atoms with van der Waals surface area (Å²) < 4.78 is 7.80. The van der Waals surface area contributed by atoms with E-state index >= 15 is 0 Å². The summed E-state index contributed by atoms with van der Waals surface area (Å²) in [5, 5.41) is 7.57. The fourth-order valence-electron chi connectivity index (χ4n) is 2.08. The largest absolute Gasteiger partial charge is 0.439 e. The van der Waals surface area contributed by atoms with Gasteiger partial charge in [0.1, 0.15) is 5.75 Å². The monoisotopic (exact) mass is 259 g/mol. The molecular formula is C15H21N3O. The van der Waals surface area contributed by atoms with Gasteiger partial charge in [0.2, 0.25) is 5.88 Å². The molecule has 0 fully saturated rings. The fraction of sp³-hybridized carbons (Fsp3) is 0.400. The summed E-state index contributed by atoms with van der Waals surface area (Å²) >= 11 is 0. The Bertz CT molecular complexity index is 587. The Kier molecular flexibility index (Phi) is 3.90. The van der Waals surface area contributed by atoms with E-state index in [0.717, 1.165) is 29.4 Å². The highest BCUT2D eigenvalue weighted by atomic mass is 16.5. The molecule has 0 spiro atoms. The number of hydrogen-bond donors (Lipinski definition) is 1. The summed E-state index contributed by atoms with van der Waals surface area (Å²) in [6, 6.07) is 6.13. The highest BCUT2D eigenvalue weighted by Gasteiger charge is 2.14. The average Bonchev–Trinajstić information content (AvgIpc) is 2.61. The molecule has 0 radical (unpaired) electrons. The molecule has 1 N–H and O–H groups in total. The van der Waals surface area contributed by atoms with Gasteiger partial charge in [-0.05, 0) is 51.1 Å². The number of aromatic nitrogens is 2. The number of hydrogen-bond acceptors (Lipinski definition) is 3. The van der Waals surface area contributed by atoms with Gasteiger partial charge < -0.3 is 10.1 Å². The van der Waals surface area contributed by atoms with Gasteiger partial charge in [-0.25, -0.2) is 4.68 Å². The minimum absolute atomic E-state index is 0.750. The van der Waals surface area contributed by atoms with Crippen LogP contribution in [0.2, 0.25) is 0 Å². The normalized spacial score (nSPS) is 10.8. The third kappa shape index (κ3) is 2.79. The number of rotatable bonds is 4. The van der Waals surface area contributed by atoms with Crippen molar-refractivity contribution in [3.8, 4) is 11.6 Å². The van der Waals surface area contributed by atoms with Crippen LogP contribution in [0.5, 0.6) is 11.6 Å². The second kappa shape index (κ2) is 5.45. The van der Waals surface area contributed by atoms with Crippen molar-refractivity contribution in [2.45, 2.75) is 27.3 Å². The van der Waals surface area contributed by atoms with E-state index in [0.29, 0.717) is 0 Å². The Morgan fingerprint density at radius 1 is 1.21 bits per heavy atom. The second-order valence-corrected chi connectivity index (χ2v) is 4.87. The average molecular weight is 259 g/mol. The van der Waals surface area contributed by atoms with Crippen molar-refractivity contribution in [3.05, 3.63) is 40.6 Å². The van der Waals surface area contributed by atoms with E-state index < -0.39 is 0 Å². The van der Waals surface area contributed by atoms with Gasteiger partial charge in [0.05, 0.1) is 11.3 Å². The first kappa shape index (κ1) is 13.6. The fourth-order valence-corrected chi connectivity index (χ4v) is 2.08. The van der Waals surface area contributed by atoms with Crippen molar-refractivity contribution >= 4 is 0 Å². The molecule has 0 saturated heterocycles. The maximum absolute atomic E-state index is 6.01. The molecule has 2 rings (SSSR count). The van der Waals surface area contributed by atoms with Crippen molar-refractivity contribution in [3.63, 3.8) is 0 Å². The lowest BCUT2D eigenvalue weighted by atomic mass is 10.1. The Balaban J connectivity index is 2.34. The van der Waals surface area contributed by atoms with E-state index in [-0.39, 0.29) is 0 Å². The molecule has 0 amide bonds. The van der Waals surface area contributed by atoms with Crippen LogP contribution in [0.1, 0.15) is 22.4 Å². The van der Waals surface area contributed by atoms with Crippen LogP contribution < -0.4 is 10.1 Å². The van der Waals surface area contributed by atoms with Crippen molar-refractivity contribution in [1.29, 1.82) is 0 Å². The van der Waals surface area contributed by atoms with Gasteiger partial charge >= 0.3 is 0 Å². The summed E-state index contributed by atoms with van der Waals surface area (Å²) in [6.07, 6.45) is 0. The highest BCUT2D eigenvalue weighted by molar-refractivity contribution is 5.39. The first-order valence-electron chi connectivity index (χ1n) is 6.45. The molecule has 1 aromatic carbocycles. The Morgan fingerprint density at radius 2 is 1.95 bits per heavy atom. The van der Waals surface area contributed by atoms with E-state index in [9.17, 15) is 0 Å². The van der Waals surface area contributed by atoms with Gasteiger partial charge in [-0.3, -0.25) is 0 Å². The van der Waals surface area contributed by atoms with E-state index in [1.807, 2.05) is 27.1 Å². The zero-order valence-electron chi connectivity index (χ0n) is 12.2. The van der Waals surface area contributed by atoms with Gasteiger partial charge in [-0.2, -0.15) is 5.10 Å². The van der Waals surface area contributed by atoms with Crippen LogP contribution in [0, 0.1) is 20.8 Å². The summed E-state index contributed by atoms with van der Waals surface area (Å²) in [7, 11) is 3.83. The third-order valence-electron chi connectivity index (χ3n) is 3.34. The summed E-state index contributed by atoms with van der Waals surface area (Å²) in [5.74, 6) is 1.65. The van der Waals surface area contributed by atoms with Crippen LogP contribution >= 0.6 is 0 Å². The van der Waals surface area contributed by atoms with Crippen LogP contribution in [0.15, 0.2) is 18.2 Å². The predicted molar refractivity (Wildman–Crippen MR) is 76.7 cm³/mol. The number of aryl methyl sites for hydroxylation is 4. The molecule has 0 aliphatic heterocycles. The lowest BCUT2D eigenvalue weighted by molar-refractivity contribution is 0.424. The third-order valence-corrected chi connectivity index (χ3v) is 3.34. The minimum Gasteiger partial charge on any atom is -0.439 e. The SMILES string of the molecule is CNCc1c(C)nn(C)c1Oc1ccc(C)c(C)c1. The van der Waals surface area contributed by atoms with E-state index in [2.05, 4.69) is 36.4 Å². The van der Waals surface area contributed by atoms with Crippen LogP contribution in [0.25, 0.3) is 0 Å². The van der Waals surface area contributed by atoms with Crippen LogP contribution in [-0.4, -0.2) is 16.8 Å². The van der Waals surface area contributed by atoms with Gasteiger partial charge in [-0.1, -0.05) is 6.07 Å². The Hall–Kier alpha value is -1.81. The topological polar surface area (TPSA) is 39.1 Å². The van der Waals surface area contributed by atoms with E-state index in [4.69, 9.17) is 4.74 Å². The molecule has 102 valence electrons. The molecule has 0 aliphatic carbocycles. The lowest BCUT2D eigenvalue weighted by Gasteiger charge is -2.10. The molecular weight excluding hydrogens is 238 g/mol. The smallest absolute Gasteiger partial charge is 0.222 e. The summed E-state index contributed by atoms with van der Waals surface area (Å²) in [4.78, 5) is 0. The van der Waals surface area contributed by atoms with Crippen molar-refractivity contribution in [1.82, 2.24) is 15.1 Å². The number of nitrogens with zero attached hydrogens (tertiary/aromatic N) is 2. The first-order valence-corrected chi connectivity index (χ1v) is 6.45. The second-order valence-electron chi connectivity index (χ2n) is 4.87. The Labute approximate surface area is 114 Å². The van der Waals surface area contributed by atoms with Gasteiger partial charge in [0, 0.05) is 13.6 Å². The molecule has 4 nitrogen and oxygen atoms in total. The first-order chi connectivity index (χ1) is 9.02. The molecule has 0 atom stereocenters. The predicted octanol–water partition coefficient (Wildman–Crippen LogP) is 2.86. The van der Waals surface area contributed by atoms with Crippen molar-refractivity contribution in [2.75, 3.05) is 7.05 Å². The maximum atomic E-state index is 6.01. The minimum atomic E-state index is 0.750. The molecule has 4 heteroatoms. The molecule has 0 unspecified atom stereocenters. The molecule has 0 aliphatic rings. The highest BCUT2D eigenvalue weighted by Crippen LogP contribution is 2.28. The van der Waals surface area contributed by atoms with E-state index in [1.54, 1.807) is 4.68 Å². The molecule has 1 aromatic heterocycles. The van der Waals surface area contributed by atoms with E-state index in [1.165, 1.54) is 11.1 Å². The van der Waals surface area contributed by atoms with Crippen molar-refractivity contribution < 1.29 is 4.74 Å². The van der Waals surface area contributed by atoms with Gasteiger partial charge in [-0.15, -0.1) is 0 Å². The molecule has 0 bridgehead atoms. The van der Waals surface area contributed by atoms with Crippen molar-refractivity contribution in [2.24, 2.45) is 7.05 Å². The summed E-state index contributed by atoms with van der Waals surface area (Å²) in [5.41, 5.74) is 4.59. The Morgan fingerprint density at radius 3 is 2.58 bits per heavy atom. The molecule has 2 aromatic rings. The summed E-state index contributed by atoms with van der Waals surface area (Å²) in [6.45, 7) is 6.94. The molecule has 0 saturated carbocycles. The molecule has 19 heavy (non-hydrogen) atoms. The zero-order valence-corrected chi connectivity index (χ0v) is 12.2. The lowest BCUT2D eigenvalue weighted by Crippen LogP contribution is -2.07. The zero-order chi connectivity index (χ0) is 14.0. The maximum Gasteiger partial charge on any atom is 0.222 e.